The number of nitrogens with zero attached hydrogens (tertiary/aromatic N) is 2. The van der Waals surface area contributed by atoms with Crippen molar-refractivity contribution in [2.45, 2.75) is 6.92 Å². The van der Waals surface area contributed by atoms with E-state index in [0.717, 1.165) is 5.56 Å². The Morgan fingerprint density at radius 1 is 1.24 bits per heavy atom. The molecule has 0 bridgehead atoms. The molecule has 0 N–H and O–H groups in total. The van der Waals surface area contributed by atoms with Crippen molar-refractivity contribution in [3.05, 3.63) is 50.5 Å². The van der Waals surface area contributed by atoms with Crippen molar-refractivity contribution in [1.82, 2.24) is 4.98 Å². The fraction of sp³-hybridized carbons (Fsp3) is 0.143. The van der Waals surface area contributed by atoms with E-state index in [1.165, 1.54) is 13.2 Å². The van der Waals surface area contributed by atoms with E-state index >= 15 is 0 Å². The summed E-state index contributed by atoms with van der Waals surface area (Å²) in [4.78, 5) is 26.4. The Morgan fingerprint density at radius 2 is 1.86 bits per heavy atom. The summed E-state index contributed by atoms with van der Waals surface area (Å²) in [7, 11) is 1.20. The van der Waals surface area contributed by atoms with Crippen LogP contribution >= 0.6 is 23.2 Å². The van der Waals surface area contributed by atoms with E-state index in [0.29, 0.717) is 21.3 Å². The zero-order valence-corrected chi connectivity index (χ0v) is 12.7. The van der Waals surface area contributed by atoms with Crippen LogP contribution < -0.4 is 0 Å². The van der Waals surface area contributed by atoms with Gasteiger partial charge >= 0.3 is 5.97 Å². The summed E-state index contributed by atoms with van der Waals surface area (Å²) in [6, 6.07) is 6.31. The van der Waals surface area contributed by atoms with Gasteiger partial charge in [0.1, 0.15) is 5.69 Å². The van der Waals surface area contributed by atoms with Crippen LogP contribution in [0.1, 0.15) is 16.1 Å². The minimum atomic E-state index is -0.740. The van der Waals surface area contributed by atoms with Gasteiger partial charge in [-0.1, -0.05) is 23.2 Å². The van der Waals surface area contributed by atoms with Gasteiger partial charge in [0.2, 0.25) is 0 Å². The van der Waals surface area contributed by atoms with Gasteiger partial charge in [0.05, 0.1) is 12.8 Å². The van der Waals surface area contributed by atoms with Gasteiger partial charge in [0.25, 0.3) is 0 Å². The first-order valence-corrected chi connectivity index (χ1v) is 6.62. The Hall–Kier alpha value is -1.98. The molecule has 0 amide bonds. The van der Waals surface area contributed by atoms with E-state index in [2.05, 4.69) is 14.9 Å². The maximum absolute atomic E-state index is 11.6. The van der Waals surface area contributed by atoms with E-state index in [-0.39, 0.29) is 11.4 Å². The molecule has 0 saturated carbocycles. The summed E-state index contributed by atoms with van der Waals surface area (Å²) >= 11 is 12.2. The third-order valence-corrected chi connectivity index (χ3v) is 3.71. The van der Waals surface area contributed by atoms with E-state index in [4.69, 9.17) is 23.2 Å². The van der Waals surface area contributed by atoms with Crippen LogP contribution in [0.4, 0.5) is 5.69 Å². The molecule has 0 fully saturated rings. The van der Waals surface area contributed by atoms with Gasteiger partial charge in [-0.3, -0.25) is 0 Å². The number of carbonyl (C=O) groups excluding carboxylic acids is 1. The number of hydrogen-bond donors (Lipinski definition) is 0. The molecule has 2 aromatic rings. The summed E-state index contributed by atoms with van der Waals surface area (Å²) in [6.07, 6.45) is 0. The lowest BCUT2D eigenvalue weighted by Gasteiger charge is -2.08. The molecule has 0 aliphatic heterocycles. The maximum Gasteiger partial charge on any atom is 0.359 e. The zero-order chi connectivity index (χ0) is 15.6. The summed E-state index contributed by atoms with van der Waals surface area (Å²) < 4.78 is 4.58. The smallest absolute Gasteiger partial charge is 0.359 e. The van der Waals surface area contributed by atoms with Crippen molar-refractivity contribution >= 4 is 34.9 Å². The number of esters is 1. The van der Waals surface area contributed by atoms with Crippen molar-refractivity contribution < 1.29 is 9.53 Å². The quantitative estimate of drug-likeness (QED) is 0.613. The van der Waals surface area contributed by atoms with Crippen molar-refractivity contribution in [2.75, 3.05) is 7.11 Å². The molecular formula is C14H10Cl2N2O3. The van der Waals surface area contributed by atoms with Gasteiger partial charge in [-0.15, -0.1) is 4.91 Å². The number of hydrogen-bond acceptors (Lipinski definition) is 5. The van der Waals surface area contributed by atoms with Crippen LogP contribution in [0.25, 0.3) is 11.3 Å². The van der Waals surface area contributed by atoms with Crippen molar-refractivity contribution in [1.29, 1.82) is 0 Å². The highest BCUT2D eigenvalue weighted by molar-refractivity contribution is 6.36. The molecule has 0 aliphatic rings. The largest absolute Gasteiger partial charge is 0.464 e. The maximum atomic E-state index is 11.6. The van der Waals surface area contributed by atoms with Crippen LogP contribution in [0.2, 0.25) is 10.0 Å². The topological polar surface area (TPSA) is 68.6 Å². The molecule has 0 unspecified atom stereocenters. The van der Waals surface area contributed by atoms with Gasteiger partial charge in [-0.2, -0.15) is 0 Å². The summed E-state index contributed by atoms with van der Waals surface area (Å²) in [6.45, 7) is 1.79. The van der Waals surface area contributed by atoms with Crippen LogP contribution in [-0.4, -0.2) is 18.1 Å². The van der Waals surface area contributed by atoms with Crippen LogP contribution in [0, 0.1) is 11.8 Å². The van der Waals surface area contributed by atoms with Crippen LogP contribution in [0.3, 0.4) is 0 Å². The molecule has 1 aromatic carbocycles. The lowest BCUT2D eigenvalue weighted by atomic mass is 10.1. The van der Waals surface area contributed by atoms with Gasteiger partial charge in [0.15, 0.2) is 5.69 Å². The number of pyridine rings is 1. The number of ether oxygens (including phenoxy) is 1. The van der Waals surface area contributed by atoms with Crippen LogP contribution in [-0.2, 0) is 4.74 Å². The standard InChI is InChI=1S/C14H10Cl2N2O3/c1-7-9(15)5-8(6-10(7)16)11-3-4-12(18-20)13(17-11)14(19)21-2/h3-6H,1-2H3. The predicted molar refractivity (Wildman–Crippen MR) is 81.2 cm³/mol. The fourth-order valence-electron chi connectivity index (χ4n) is 1.73. The van der Waals surface area contributed by atoms with E-state index < -0.39 is 5.97 Å². The minimum absolute atomic E-state index is 0.0881. The van der Waals surface area contributed by atoms with E-state index in [1.54, 1.807) is 25.1 Å². The molecule has 2 rings (SSSR count). The van der Waals surface area contributed by atoms with Crippen LogP contribution in [0.5, 0.6) is 0 Å². The lowest BCUT2D eigenvalue weighted by Crippen LogP contribution is -2.05. The van der Waals surface area contributed by atoms with E-state index in [9.17, 15) is 9.70 Å². The van der Waals surface area contributed by atoms with Gasteiger partial charge in [0, 0.05) is 15.6 Å². The normalized spacial score (nSPS) is 10.3. The number of aromatic nitrogens is 1. The Balaban J connectivity index is 2.60. The number of benzene rings is 1. The second-order valence-corrected chi connectivity index (χ2v) is 5.03. The highest BCUT2D eigenvalue weighted by Crippen LogP contribution is 2.31. The lowest BCUT2D eigenvalue weighted by molar-refractivity contribution is 0.0595. The number of rotatable bonds is 3. The monoisotopic (exact) mass is 324 g/mol. The molecule has 0 aliphatic carbocycles. The Labute approximate surface area is 130 Å². The highest BCUT2D eigenvalue weighted by Gasteiger charge is 2.17. The van der Waals surface area contributed by atoms with Crippen molar-refractivity contribution in [3.8, 4) is 11.3 Å². The van der Waals surface area contributed by atoms with Crippen LogP contribution in [0.15, 0.2) is 29.4 Å². The Bertz CT molecular complexity index is 709. The van der Waals surface area contributed by atoms with Gasteiger partial charge in [-0.25, -0.2) is 9.78 Å². The van der Waals surface area contributed by atoms with Gasteiger partial charge < -0.3 is 4.74 Å². The Kier molecular flexibility index (Phi) is 4.55. The molecule has 0 radical (unpaired) electrons. The molecule has 0 atom stereocenters. The van der Waals surface area contributed by atoms with Gasteiger partial charge in [-0.05, 0) is 41.9 Å². The average molecular weight is 325 g/mol. The molecular weight excluding hydrogens is 315 g/mol. The number of halogens is 2. The highest BCUT2D eigenvalue weighted by atomic mass is 35.5. The van der Waals surface area contributed by atoms with Crippen molar-refractivity contribution in [3.63, 3.8) is 0 Å². The number of carbonyl (C=O) groups is 1. The first-order valence-electron chi connectivity index (χ1n) is 5.86. The summed E-state index contributed by atoms with van der Waals surface area (Å²) in [5.41, 5.74) is 1.57. The van der Waals surface area contributed by atoms with Crippen molar-refractivity contribution in [2.24, 2.45) is 5.18 Å². The third kappa shape index (κ3) is 3.04. The molecule has 7 heteroatoms. The number of methoxy groups -OCH3 is 1. The van der Waals surface area contributed by atoms with E-state index in [1.807, 2.05) is 0 Å². The Morgan fingerprint density at radius 3 is 2.38 bits per heavy atom. The SMILES string of the molecule is COC(=O)c1nc(-c2cc(Cl)c(C)c(Cl)c2)ccc1N=O. The second-order valence-electron chi connectivity index (χ2n) is 4.21. The third-order valence-electron chi connectivity index (χ3n) is 2.93. The second kappa shape index (κ2) is 6.20. The molecule has 0 spiro atoms. The molecule has 5 nitrogen and oxygen atoms in total. The molecule has 108 valence electrons. The minimum Gasteiger partial charge on any atom is -0.464 e. The zero-order valence-electron chi connectivity index (χ0n) is 11.2. The predicted octanol–water partition coefficient (Wildman–Crippen LogP) is 4.55. The fourth-order valence-corrected chi connectivity index (χ4v) is 2.21. The summed E-state index contributed by atoms with van der Waals surface area (Å²) in [5.74, 6) is -0.740. The molecule has 1 aromatic heterocycles. The average Bonchev–Trinajstić information content (AvgIpc) is 2.50. The molecule has 0 saturated heterocycles. The first kappa shape index (κ1) is 15.4. The molecule has 21 heavy (non-hydrogen) atoms. The molecule has 1 heterocycles. The first-order chi connectivity index (χ1) is 9.97. The number of nitroso groups, excluding NO2 is 1. The summed E-state index contributed by atoms with van der Waals surface area (Å²) in [5, 5.41) is 3.72.